The molecule has 0 aliphatic carbocycles. The molecular weight excluding hydrogens is 373 g/mol. The summed E-state index contributed by atoms with van der Waals surface area (Å²) in [6, 6.07) is 4.36. The molecular formula is C18H24FN3O4S. The molecule has 2 heterocycles. The quantitative estimate of drug-likeness (QED) is 0.747. The number of likely N-dealkylation sites (tertiary alicyclic amines) is 1. The van der Waals surface area contributed by atoms with Crippen molar-refractivity contribution < 1.29 is 22.3 Å². The first kappa shape index (κ1) is 19.8. The summed E-state index contributed by atoms with van der Waals surface area (Å²) >= 11 is 0. The Balaban J connectivity index is 1.55. The van der Waals surface area contributed by atoms with Gasteiger partial charge < -0.3 is 14.2 Å². The molecule has 1 N–H and O–H groups in total. The van der Waals surface area contributed by atoms with Crippen LogP contribution in [0.3, 0.4) is 0 Å². The molecule has 3 rings (SSSR count). The van der Waals surface area contributed by atoms with Crippen LogP contribution in [-0.2, 0) is 21.8 Å². The third kappa shape index (κ3) is 5.06. The highest BCUT2D eigenvalue weighted by atomic mass is 32.2. The third-order valence-electron chi connectivity index (χ3n) is 4.77. The van der Waals surface area contributed by atoms with Crippen LogP contribution in [0.1, 0.15) is 23.2 Å². The lowest BCUT2D eigenvalue weighted by Gasteiger charge is -2.31. The number of halogens is 1. The van der Waals surface area contributed by atoms with Crippen LogP contribution in [0, 0.1) is 5.82 Å². The zero-order chi connectivity index (χ0) is 19.6. The lowest BCUT2D eigenvalue weighted by molar-refractivity contribution is 0.0118. The van der Waals surface area contributed by atoms with Crippen LogP contribution in [0.5, 0.6) is 0 Å². The summed E-state index contributed by atoms with van der Waals surface area (Å²) in [6.07, 6.45) is 3.98. The summed E-state index contributed by atoms with van der Waals surface area (Å²) in [5.74, 6) is -0.831. The van der Waals surface area contributed by atoms with E-state index in [4.69, 9.17) is 4.74 Å². The largest absolute Gasteiger partial charge is 0.459 e. The number of piperidine rings is 1. The number of aromatic nitrogens is 1. The van der Waals surface area contributed by atoms with Gasteiger partial charge in [0, 0.05) is 50.3 Å². The molecule has 0 radical (unpaired) electrons. The van der Waals surface area contributed by atoms with Crippen LogP contribution in [0.15, 0.2) is 24.4 Å². The van der Waals surface area contributed by atoms with Crippen LogP contribution < -0.4 is 4.72 Å². The fourth-order valence-electron chi connectivity index (χ4n) is 3.38. The Labute approximate surface area is 158 Å². The van der Waals surface area contributed by atoms with Gasteiger partial charge in [-0.25, -0.2) is 22.3 Å². The summed E-state index contributed by atoms with van der Waals surface area (Å²) < 4.78 is 45.6. The summed E-state index contributed by atoms with van der Waals surface area (Å²) in [5, 5.41) is 0.548. The topological polar surface area (TPSA) is 80.6 Å². The van der Waals surface area contributed by atoms with Crippen molar-refractivity contribution in [1.82, 2.24) is 14.2 Å². The van der Waals surface area contributed by atoms with E-state index in [2.05, 4.69) is 9.62 Å². The van der Waals surface area contributed by atoms with E-state index in [0.29, 0.717) is 36.9 Å². The molecule has 148 valence electrons. The Bertz CT molecular complexity index is 933. The lowest BCUT2D eigenvalue weighted by Crippen LogP contribution is -2.41. The van der Waals surface area contributed by atoms with Crippen molar-refractivity contribution >= 4 is 26.9 Å². The molecule has 1 aromatic heterocycles. The number of fused-ring (bicyclic) bond motifs is 1. The average molecular weight is 397 g/mol. The molecule has 0 amide bonds. The number of ether oxygens (including phenoxy) is 1. The van der Waals surface area contributed by atoms with Gasteiger partial charge in [0.15, 0.2) is 0 Å². The van der Waals surface area contributed by atoms with E-state index >= 15 is 0 Å². The monoisotopic (exact) mass is 397 g/mol. The summed E-state index contributed by atoms with van der Waals surface area (Å²) in [4.78, 5) is 14.7. The molecule has 0 atom stereocenters. The molecule has 1 fully saturated rings. The predicted molar refractivity (Wildman–Crippen MR) is 101 cm³/mol. The Morgan fingerprint density at radius 2 is 2.04 bits per heavy atom. The van der Waals surface area contributed by atoms with Crippen molar-refractivity contribution in [2.45, 2.75) is 18.9 Å². The molecule has 9 heteroatoms. The zero-order valence-electron chi connectivity index (χ0n) is 15.4. The number of hydrogen-bond donors (Lipinski definition) is 1. The van der Waals surface area contributed by atoms with Crippen molar-refractivity contribution in [3.05, 3.63) is 35.8 Å². The highest BCUT2D eigenvalue weighted by molar-refractivity contribution is 7.88. The second-order valence-electron chi connectivity index (χ2n) is 6.93. The number of nitrogens with one attached hydrogen (secondary N) is 1. The first-order chi connectivity index (χ1) is 12.7. The lowest BCUT2D eigenvalue weighted by atomic mass is 10.1. The fourth-order valence-corrected chi connectivity index (χ4v) is 3.84. The van der Waals surface area contributed by atoms with Gasteiger partial charge in [0.25, 0.3) is 0 Å². The maximum absolute atomic E-state index is 13.6. The normalized spacial score (nSPS) is 16.7. The fraction of sp³-hybridized carbons (Fsp3) is 0.500. The number of carbonyl (C=O) groups is 1. The van der Waals surface area contributed by atoms with Crippen molar-refractivity contribution in [3.8, 4) is 0 Å². The highest BCUT2D eigenvalue weighted by Crippen LogP contribution is 2.24. The molecule has 0 bridgehead atoms. The van der Waals surface area contributed by atoms with E-state index < -0.39 is 21.8 Å². The number of carbonyl (C=O) groups excluding carboxylic acids is 1. The van der Waals surface area contributed by atoms with Crippen LogP contribution >= 0.6 is 0 Å². The molecule has 0 spiro atoms. The molecule has 0 saturated carbocycles. The number of hydrogen-bond acceptors (Lipinski definition) is 5. The summed E-state index contributed by atoms with van der Waals surface area (Å²) in [7, 11) is -1.37. The number of benzene rings is 1. The second-order valence-corrected chi connectivity index (χ2v) is 8.76. The predicted octanol–water partition coefficient (Wildman–Crippen LogP) is 1.49. The van der Waals surface area contributed by atoms with Gasteiger partial charge in [0.2, 0.25) is 10.0 Å². The van der Waals surface area contributed by atoms with E-state index in [0.717, 1.165) is 24.9 Å². The van der Waals surface area contributed by atoms with Crippen molar-refractivity contribution in [2.75, 3.05) is 32.4 Å². The van der Waals surface area contributed by atoms with E-state index in [1.54, 1.807) is 23.9 Å². The SMILES string of the molecule is Cn1cc(C(=O)OC2CCN(CCNS(C)(=O)=O)CC2)c2cc(F)ccc21. The molecule has 2 aromatic rings. The van der Waals surface area contributed by atoms with Crippen molar-refractivity contribution in [1.29, 1.82) is 0 Å². The molecule has 1 aliphatic heterocycles. The van der Waals surface area contributed by atoms with E-state index in [1.807, 2.05) is 0 Å². The van der Waals surface area contributed by atoms with Gasteiger partial charge in [-0.1, -0.05) is 0 Å². The van der Waals surface area contributed by atoms with Gasteiger partial charge in [0.1, 0.15) is 11.9 Å². The minimum Gasteiger partial charge on any atom is -0.459 e. The van der Waals surface area contributed by atoms with Gasteiger partial charge >= 0.3 is 5.97 Å². The Hall–Kier alpha value is -1.97. The molecule has 0 unspecified atom stereocenters. The van der Waals surface area contributed by atoms with Gasteiger partial charge in [0.05, 0.1) is 11.8 Å². The maximum atomic E-state index is 13.6. The van der Waals surface area contributed by atoms with Gasteiger partial charge in [-0.05, 0) is 31.0 Å². The van der Waals surface area contributed by atoms with Crippen molar-refractivity contribution in [3.63, 3.8) is 0 Å². The van der Waals surface area contributed by atoms with Crippen LogP contribution in [0.2, 0.25) is 0 Å². The minimum atomic E-state index is -3.18. The molecule has 27 heavy (non-hydrogen) atoms. The number of rotatable bonds is 6. The maximum Gasteiger partial charge on any atom is 0.340 e. The Kier molecular flexibility index (Phi) is 5.83. The standard InChI is InChI=1S/C18H24FN3O4S/c1-21-12-16(15-11-13(19)3-4-17(15)21)18(23)26-14-5-8-22(9-6-14)10-7-20-27(2,24)25/h3-4,11-12,14,20H,5-10H2,1-2H3. The van der Waals surface area contributed by atoms with Crippen LogP contribution in [-0.4, -0.2) is 62.4 Å². The van der Waals surface area contributed by atoms with E-state index in [-0.39, 0.29) is 6.10 Å². The number of aryl methyl sites for hydroxylation is 1. The first-order valence-corrected chi connectivity index (χ1v) is 10.7. The van der Waals surface area contributed by atoms with Crippen molar-refractivity contribution in [2.24, 2.45) is 7.05 Å². The van der Waals surface area contributed by atoms with Crippen LogP contribution in [0.4, 0.5) is 4.39 Å². The second kappa shape index (κ2) is 7.95. The van der Waals surface area contributed by atoms with Crippen LogP contribution in [0.25, 0.3) is 10.9 Å². The Morgan fingerprint density at radius 1 is 1.33 bits per heavy atom. The van der Waals surface area contributed by atoms with Gasteiger partial charge in [-0.3, -0.25) is 0 Å². The third-order valence-corrected chi connectivity index (χ3v) is 5.50. The zero-order valence-corrected chi connectivity index (χ0v) is 16.3. The molecule has 7 nitrogen and oxygen atoms in total. The van der Waals surface area contributed by atoms with Gasteiger partial charge in [-0.2, -0.15) is 0 Å². The van der Waals surface area contributed by atoms with Gasteiger partial charge in [-0.15, -0.1) is 0 Å². The highest BCUT2D eigenvalue weighted by Gasteiger charge is 2.24. The smallest absolute Gasteiger partial charge is 0.340 e. The minimum absolute atomic E-state index is 0.194. The number of sulfonamides is 1. The number of esters is 1. The Morgan fingerprint density at radius 3 is 2.70 bits per heavy atom. The first-order valence-electron chi connectivity index (χ1n) is 8.85. The molecule has 1 saturated heterocycles. The average Bonchev–Trinajstić information content (AvgIpc) is 2.91. The summed E-state index contributed by atoms with van der Waals surface area (Å²) in [5.41, 5.74) is 1.14. The van der Waals surface area contributed by atoms with E-state index in [1.165, 1.54) is 12.1 Å². The molecule has 1 aromatic carbocycles. The van der Waals surface area contributed by atoms with E-state index in [9.17, 15) is 17.6 Å². The number of nitrogens with zero attached hydrogens (tertiary/aromatic N) is 2. The molecule has 1 aliphatic rings. The summed E-state index contributed by atoms with van der Waals surface area (Å²) in [6.45, 7) is 2.45.